The Morgan fingerprint density at radius 3 is 2.56 bits per heavy atom. The average Bonchev–Trinajstić information content (AvgIpc) is 2.34. The molecule has 0 radical (unpaired) electrons. The number of nitrogens with zero attached hydrogens (tertiary/aromatic N) is 1. The van der Waals surface area contributed by atoms with E-state index < -0.39 is 6.04 Å². The molecule has 2 N–H and O–H groups in total. The quantitative estimate of drug-likeness (QED) is 0.802. The molecule has 1 unspecified atom stereocenters. The van der Waals surface area contributed by atoms with Gasteiger partial charge in [0.05, 0.1) is 12.6 Å². The number of likely N-dealkylation sites (N-methyl/N-ethyl adjacent to an activating group) is 1. The summed E-state index contributed by atoms with van der Waals surface area (Å²) < 4.78 is 5.53. The zero-order valence-corrected chi connectivity index (χ0v) is 11.7. The lowest BCUT2D eigenvalue weighted by Crippen LogP contribution is -2.40. The Labute approximate surface area is 115 Å². The molecule has 1 aromatic carbocycles. The SMILES string of the molecule is CC(N)C(=O)N(C)CCCOc1ccccc1.Cl. The van der Waals surface area contributed by atoms with Crippen molar-refractivity contribution in [3.63, 3.8) is 0 Å². The van der Waals surface area contributed by atoms with Gasteiger partial charge >= 0.3 is 0 Å². The van der Waals surface area contributed by atoms with Gasteiger partial charge in [-0.2, -0.15) is 0 Å². The first kappa shape index (κ1) is 16.7. The zero-order valence-electron chi connectivity index (χ0n) is 10.8. The van der Waals surface area contributed by atoms with Crippen molar-refractivity contribution in [3.05, 3.63) is 30.3 Å². The van der Waals surface area contributed by atoms with E-state index in [0.29, 0.717) is 13.2 Å². The summed E-state index contributed by atoms with van der Waals surface area (Å²) in [5, 5.41) is 0. The fraction of sp³-hybridized carbons (Fsp3) is 0.462. The summed E-state index contributed by atoms with van der Waals surface area (Å²) in [5.74, 6) is 0.818. The largest absolute Gasteiger partial charge is 0.494 e. The van der Waals surface area contributed by atoms with Crippen LogP contribution < -0.4 is 10.5 Å². The van der Waals surface area contributed by atoms with Crippen molar-refractivity contribution >= 4 is 18.3 Å². The first-order valence-electron chi connectivity index (χ1n) is 5.79. The van der Waals surface area contributed by atoms with Crippen LogP contribution in [0.3, 0.4) is 0 Å². The van der Waals surface area contributed by atoms with Gasteiger partial charge in [0.15, 0.2) is 0 Å². The first-order valence-corrected chi connectivity index (χ1v) is 5.79. The van der Waals surface area contributed by atoms with Crippen molar-refractivity contribution in [2.24, 2.45) is 5.73 Å². The number of para-hydroxylation sites is 1. The second kappa shape index (κ2) is 8.78. The lowest BCUT2D eigenvalue weighted by Gasteiger charge is -2.19. The van der Waals surface area contributed by atoms with Crippen LogP contribution in [0.1, 0.15) is 13.3 Å². The van der Waals surface area contributed by atoms with Crippen LogP contribution >= 0.6 is 12.4 Å². The van der Waals surface area contributed by atoms with Crippen molar-refractivity contribution in [1.29, 1.82) is 0 Å². The first-order chi connectivity index (χ1) is 8.11. The van der Waals surface area contributed by atoms with Crippen molar-refractivity contribution in [2.45, 2.75) is 19.4 Å². The number of carbonyl (C=O) groups is 1. The molecule has 0 aliphatic rings. The van der Waals surface area contributed by atoms with Crippen LogP contribution in [0.4, 0.5) is 0 Å². The number of rotatable bonds is 6. The molecular weight excluding hydrogens is 252 g/mol. The molecule has 5 heteroatoms. The predicted octanol–water partition coefficient (Wildman–Crippen LogP) is 1.68. The molecule has 0 aliphatic carbocycles. The summed E-state index contributed by atoms with van der Waals surface area (Å²) in [7, 11) is 1.76. The number of benzene rings is 1. The Bertz CT molecular complexity index is 344. The molecule has 1 atom stereocenters. The molecule has 0 fully saturated rings. The Morgan fingerprint density at radius 2 is 2.00 bits per heavy atom. The number of ether oxygens (including phenoxy) is 1. The number of hydrogen-bond acceptors (Lipinski definition) is 3. The van der Waals surface area contributed by atoms with E-state index in [9.17, 15) is 4.79 Å². The van der Waals surface area contributed by atoms with E-state index in [1.54, 1.807) is 18.9 Å². The minimum Gasteiger partial charge on any atom is -0.494 e. The standard InChI is InChI=1S/C13H20N2O2.ClH/c1-11(14)13(16)15(2)9-6-10-17-12-7-4-3-5-8-12;/h3-5,7-8,11H,6,9-10,14H2,1-2H3;1H. The van der Waals surface area contributed by atoms with E-state index in [1.807, 2.05) is 30.3 Å². The van der Waals surface area contributed by atoms with Gasteiger partial charge in [0, 0.05) is 13.6 Å². The monoisotopic (exact) mass is 272 g/mol. The van der Waals surface area contributed by atoms with Crippen LogP contribution in [0.25, 0.3) is 0 Å². The molecule has 1 amide bonds. The van der Waals surface area contributed by atoms with Gasteiger partial charge in [0.2, 0.25) is 5.91 Å². The normalized spacial score (nSPS) is 11.3. The Kier molecular flexibility index (Phi) is 8.16. The molecule has 18 heavy (non-hydrogen) atoms. The van der Waals surface area contributed by atoms with Gasteiger partial charge < -0.3 is 15.4 Å². The molecule has 0 saturated carbocycles. The molecule has 0 saturated heterocycles. The topological polar surface area (TPSA) is 55.6 Å². The highest BCUT2D eigenvalue weighted by molar-refractivity contribution is 5.85. The highest BCUT2D eigenvalue weighted by Gasteiger charge is 2.12. The summed E-state index contributed by atoms with van der Waals surface area (Å²) in [5.41, 5.74) is 5.51. The molecule has 1 aromatic rings. The number of carbonyl (C=O) groups excluding carboxylic acids is 1. The van der Waals surface area contributed by atoms with Gasteiger partial charge in [0.1, 0.15) is 5.75 Å². The molecular formula is C13H21ClN2O2. The van der Waals surface area contributed by atoms with Crippen LogP contribution in [0, 0.1) is 0 Å². The Morgan fingerprint density at radius 1 is 1.39 bits per heavy atom. The van der Waals surface area contributed by atoms with Crippen LogP contribution in [-0.4, -0.2) is 37.0 Å². The fourth-order valence-electron chi connectivity index (χ4n) is 1.47. The van der Waals surface area contributed by atoms with Crippen molar-refractivity contribution in [3.8, 4) is 5.75 Å². The van der Waals surface area contributed by atoms with Crippen molar-refractivity contribution < 1.29 is 9.53 Å². The van der Waals surface area contributed by atoms with E-state index in [4.69, 9.17) is 10.5 Å². The maximum absolute atomic E-state index is 11.5. The smallest absolute Gasteiger partial charge is 0.238 e. The molecule has 0 heterocycles. The Balaban J connectivity index is 0.00000289. The lowest BCUT2D eigenvalue weighted by atomic mass is 10.3. The molecule has 4 nitrogen and oxygen atoms in total. The van der Waals surface area contributed by atoms with Crippen molar-refractivity contribution in [1.82, 2.24) is 4.90 Å². The van der Waals surface area contributed by atoms with Gasteiger partial charge in [-0.3, -0.25) is 4.79 Å². The van der Waals surface area contributed by atoms with Crippen LogP contribution in [0.2, 0.25) is 0 Å². The number of hydrogen-bond donors (Lipinski definition) is 1. The second-order valence-corrected chi connectivity index (χ2v) is 4.06. The molecule has 102 valence electrons. The zero-order chi connectivity index (χ0) is 12.7. The van der Waals surface area contributed by atoms with E-state index in [0.717, 1.165) is 12.2 Å². The Hall–Kier alpha value is -1.26. The fourth-order valence-corrected chi connectivity index (χ4v) is 1.47. The molecule has 0 aliphatic heterocycles. The highest BCUT2D eigenvalue weighted by Crippen LogP contribution is 2.08. The molecule has 1 rings (SSSR count). The summed E-state index contributed by atoms with van der Waals surface area (Å²) in [6, 6.07) is 9.20. The maximum Gasteiger partial charge on any atom is 0.238 e. The van der Waals surface area contributed by atoms with Crippen LogP contribution in [0.15, 0.2) is 30.3 Å². The van der Waals surface area contributed by atoms with Crippen LogP contribution in [0.5, 0.6) is 5.75 Å². The summed E-state index contributed by atoms with van der Waals surface area (Å²) in [4.78, 5) is 13.1. The second-order valence-electron chi connectivity index (χ2n) is 4.06. The van der Waals surface area contributed by atoms with Gasteiger partial charge in [0.25, 0.3) is 0 Å². The van der Waals surface area contributed by atoms with Gasteiger partial charge in [-0.05, 0) is 25.5 Å². The van der Waals surface area contributed by atoms with E-state index >= 15 is 0 Å². The average molecular weight is 273 g/mol. The third-order valence-corrected chi connectivity index (χ3v) is 2.42. The van der Waals surface area contributed by atoms with E-state index in [-0.39, 0.29) is 18.3 Å². The summed E-state index contributed by atoms with van der Waals surface area (Å²) in [6.07, 6.45) is 0.795. The maximum atomic E-state index is 11.5. The number of amides is 1. The van der Waals surface area contributed by atoms with Gasteiger partial charge in [-0.25, -0.2) is 0 Å². The predicted molar refractivity (Wildman–Crippen MR) is 75.1 cm³/mol. The van der Waals surface area contributed by atoms with E-state index in [1.165, 1.54) is 0 Å². The van der Waals surface area contributed by atoms with Gasteiger partial charge in [-0.15, -0.1) is 12.4 Å². The summed E-state index contributed by atoms with van der Waals surface area (Å²) >= 11 is 0. The summed E-state index contributed by atoms with van der Waals surface area (Å²) in [6.45, 7) is 2.95. The number of halogens is 1. The lowest BCUT2D eigenvalue weighted by molar-refractivity contribution is -0.130. The highest BCUT2D eigenvalue weighted by atomic mass is 35.5. The van der Waals surface area contributed by atoms with E-state index in [2.05, 4.69) is 0 Å². The third-order valence-electron chi connectivity index (χ3n) is 2.42. The molecule has 0 spiro atoms. The minimum absolute atomic E-state index is 0. The number of nitrogens with two attached hydrogens (primary N) is 1. The van der Waals surface area contributed by atoms with Gasteiger partial charge in [-0.1, -0.05) is 18.2 Å². The van der Waals surface area contributed by atoms with Crippen LogP contribution in [-0.2, 0) is 4.79 Å². The third kappa shape index (κ3) is 5.89. The molecule has 0 bridgehead atoms. The van der Waals surface area contributed by atoms with Crippen molar-refractivity contribution in [2.75, 3.05) is 20.2 Å². The minimum atomic E-state index is -0.435. The molecule has 0 aromatic heterocycles.